The molecule has 0 radical (unpaired) electrons. The molecule has 0 saturated carbocycles. The Balaban J connectivity index is 0.784. The summed E-state index contributed by atoms with van der Waals surface area (Å²) in [4.78, 5) is 50.3. The maximum absolute atomic E-state index is 12.9. The Kier molecular flexibility index (Phi) is 11.9. The van der Waals surface area contributed by atoms with E-state index in [1.807, 2.05) is 24.4 Å². The van der Waals surface area contributed by atoms with Crippen LogP contribution >= 0.6 is 11.3 Å². The number of fused-ring (bicyclic) bond motifs is 1. The molecular weight excluding hydrogens is 773 g/mol. The summed E-state index contributed by atoms with van der Waals surface area (Å²) in [5.74, 6) is 0.302. The average molecular weight is 825 g/mol. The van der Waals surface area contributed by atoms with Gasteiger partial charge in [-0.25, -0.2) is 14.8 Å². The number of thiazole rings is 1. The fourth-order valence-corrected chi connectivity index (χ4v) is 8.63. The van der Waals surface area contributed by atoms with Gasteiger partial charge in [0.05, 0.1) is 11.2 Å². The number of aryl methyl sites for hydroxylation is 1. The predicted molar refractivity (Wildman–Crippen MR) is 240 cm³/mol. The summed E-state index contributed by atoms with van der Waals surface area (Å²) in [7, 11) is 0. The molecule has 0 aliphatic carbocycles. The molecule has 5 heterocycles. The van der Waals surface area contributed by atoms with Gasteiger partial charge < -0.3 is 20.9 Å². The van der Waals surface area contributed by atoms with Gasteiger partial charge in [-0.3, -0.25) is 24.9 Å². The molecule has 2 aliphatic heterocycles. The minimum Gasteiger partial charge on any atom is -0.384 e. The van der Waals surface area contributed by atoms with Gasteiger partial charge in [-0.05, 0) is 97.4 Å². The molecule has 0 bridgehead atoms. The van der Waals surface area contributed by atoms with Crippen molar-refractivity contribution in [1.29, 1.82) is 0 Å². The first-order valence-electron chi connectivity index (χ1n) is 20.7. The fourth-order valence-electron chi connectivity index (χ4n) is 7.74. The number of anilines is 3. The summed E-state index contributed by atoms with van der Waals surface area (Å²) in [6.45, 7) is 13.9. The second-order valence-corrected chi connectivity index (χ2v) is 17.7. The van der Waals surface area contributed by atoms with Crippen LogP contribution in [0.4, 0.5) is 21.9 Å². The number of nitrogens with zero attached hydrogens (tertiary/aromatic N) is 5. The molecule has 6 aromatic rings. The number of rotatable bonds is 13. The topological polar surface area (TPSA) is 160 Å². The monoisotopic (exact) mass is 824 g/mol. The number of pyridine rings is 1. The highest BCUT2D eigenvalue weighted by Gasteiger charge is 2.25. The quantitative estimate of drug-likeness (QED) is 0.0738. The number of imide groups is 1. The first-order valence-corrected chi connectivity index (χ1v) is 21.5. The zero-order chi connectivity index (χ0) is 41.8. The third kappa shape index (κ3) is 9.35. The second kappa shape index (κ2) is 17.6. The van der Waals surface area contributed by atoms with E-state index in [0.717, 1.165) is 112 Å². The van der Waals surface area contributed by atoms with Crippen molar-refractivity contribution in [2.45, 2.75) is 58.9 Å². The lowest BCUT2D eigenvalue weighted by Crippen LogP contribution is -2.49. The number of hydrogen-bond donors (Lipinski definition) is 5. The molecule has 4 amide bonds. The third-order valence-corrected chi connectivity index (χ3v) is 12.7. The van der Waals surface area contributed by atoms with Crippen LogP contribution in [0.5, 0.6) is 0 Å². The standard InChI is InChI=1S/C46H52N10O3S/c1-29-23-32(5-6-33(29)26-50-43(58)39-28-51-44(60-39)46(2,3)4)41-38-24-34(27-49-42(38)54-53-41)31-7-9-35(10-8-31)48-19-18-47-25-30-15-20-55(21-16-30)36-11-13-37(14-12-36)56-22-17-40(57)52-45(56)59/h5-14,23-24,27-28,30,47-48H,15-22,25-26H2,1-4H3,(H,50,58)(H,49,53,54)(H,52,57,59). The molecule has 3 aromatic heterocycles. The minimum atomic E-state index is -0.354. The lowest BCUT2D eigenvalue weighted by Gasteiger charge is -2.34. The van der Waals surface area contributed by atoms with Gasteiger partial charge in [0.1, 0.15) is 10.6 Å². The molecule has 60 heavy (non-hydrogen) atoms. The zero-order valence-corrected chi connectivity index (χ0v) is 35.4. The van der Waals surface area contributed by atoms with Crippen molar-refractivity contribution in [3.63, 3.8) is 0 Å². The lowest BCUT2D eigenvalue weighted by molar-refractivity contribution is -0.120. The SMILES string of the molecule is Cc1cc(-c2n[nH]c3ncc(-c4ccc(NCCNCC5CCN(c6ccc(N7CCC(=O)NC7=O)cc6)CC5)cc4)cc23)ccc1CNC(=O)c1cnc(C(C)(C)C)s1. The van der Waals surface area contributed by atoms with Crippen LogP contribution in [-0.4, -0.2) is 77.3 Å². The minimum absolute atomic E-state index is 0.0905. The summed E-state index contributed by atoms with van der Waals surface area (Å²) >= 11 is 1.44. The van der Waals surface area contributed by atoms with E-state index < -0.39 is 0 Å². The Labute approximate surface area is 354 Å². The first kappa shape index (κ1) is 40.7. The summed E-state index contributed by atoms with van der Waals surface area (Å²) in [5, 5.41) is 22.3. The number of H-pyrrole nitrogens is 1. The molecule has 13 nitrogen and oxygen atoms in total. The summed E-state index contributed by atoms with van der Waals surface area (Å²) in [6, 6.07) is 24.5. The lowest BCUT2D eigenvalue weighted by atomic mass is 9.96. The van der Waals surface area contributed by atoms with Crippen LogP contribution in [-0.2, 0) is 16.8 Å². The van der Waals surface area contributed by atoms with Crippen molar-refractivity contribution in [2.75, 3.05) is 54.4 Å². The number of hydrogen-bond acceptors (Lipinski definition) is 10. The number of amides is 4. The zero-order valence-electron chi connectivity index (χ0n) is 34.6. The number of nitrogens with one attached hydrogen (secondary N) is 5. The van der Waals surface area contributed by atoms with Crippen molar-refractivity contribution in [3.05, 3.63) is 106 Å². The smallest absolute Gasteiger partial charge is 0.328 e. The fraction of sp³-hybridized carbons (Fsp3) is 0.348. The molecule has 3 aromatic carbocycles. The third-order valence-electron chi connectivity index (χ3n) is 11.3. The van der Waals surface area contributed by atoms with E-state index in [-0.39, 0.29) is 23.3 Å². The van der Waals surface area contributed by atoms with E-state index in [1.165, 1.54) is 11.3 Å². The Morgan fingerprint density at radius 3 is 2.33 bits per heavy atom. The second-order valence-electron chi connectivity index (χ2n) is 16.7. The van der Waals surface area contributed by atoms with E-state index in [1.54, 1.807) is 11.1 Å². The average Bonchev–Trinajstić information content (AvgIpc) is 3.93. The molecule has 2 fully saturated rings. The molecule has 14 heteroatoms. The van der Waals surface area contributed by atoms with Crippen LogP contribution in [0.25, 0.3) is 33.4 Å². The van der Waals surface area contributed by atoms with Crippen LogP contribution in [0.1, 0.15) is 65.8 Å². The molecule has 2 aliphatic rings. The number of piperidine rings is 1. The maximum Gasteiger partial charge on any atom is 0.328 e. The van der Waals surface area contributed by atoms with Crippen LogP contribution < -0.4 is 31.1 Å². The Hall–Kier alpha value is -6.12. The van der Waals surface area contributed by atoms with Crippen LogP contribution in [0.3, 0.4) is 0 Å². The molecule has 0 spiro atoms. The largest absolute Gasteiger partial charge is 0.384 e. The van der Waals surface area contributed by atoms with Gasteiger partial charge in [0, 0.05) is 90.9 Å². The van der Waals surface area contributed by atoms with Crippen molar-refractivity contribution in [3.8, 4) is 22.4 Å². The summed E-state index contributed by atoms with van der Waals surface area (Å²) in [5.41, 5.74) is 9.71. The number of aromatic nitrogens is 4. The highest BCUT2D eigenvalue weighted by atomic mass is 32.1. The van der Waals surface area contributed by atoms with E-state index in [9.17, 15) is 14.4 Å². The molecule has 0 atom stereocenters. The Bertz CT molecular complexity index is 2480. The highest BCUT2D eigenvalue weighted by molar-refractivity contribution is 7.13. The number of benzene rings is 3. The molecule has 8 rings (SSSR count). The Morgan fingerprint density at radius 1 is 0.867 bits per heavy atom. The van der Waals surface area contributed by atoms with Crippen molar-refractivity contribution in [2.24, 2.45) is 5.92 Å². The number of urea groups is 1. The van der Waals surface area contributed by atoms with Crippen molar-refractivity contribution >= 4 is 57.3 Å². The van der Waals surface area contributed by atoms with Crippen LogP contribution in [0, 0.1) is 12.8 Å². The van der Waals surface area contributed by atoms with Crippen LogP contribution in [0.2, 0.25) is 0 Å². The van der Waals surface area contributed by atoms with E-state index >= 15 is 0 Å². The first-order chi connectivity index (χ1) is 29.0. The number of carbonyl (C=O) groups is 3. The molecule has 5 N–H and O–H groups in total. The van der Waals surface area contributed by atoms with E-state index in [2.05, 4.69) is 124 Å². The van der Waals surface area contributed by atoms with Crippen LogP contribution in [0.15, 0.2) is 85.2 Å². The van der Waals surface area contributed by atoms with Gasteiger partial charge >= 0.3 is 6.03 Å². The Morgan fingerprint density at radius 2 is 1.62 bits per heavy atom. The predicted octanol–water partition coefficient (Wildman–Crippen LogP) is 7.65. The van der Waals surface area contributed by atoms with Gasteiger partial charge in [-0.2, -0.15) is 5.10 Å². The number of carbonyl (C=O) groups excluding carboxylic acids is 3. The van der Waals surface area contributed by atoms with E-state index in [4.69, 9.17) is 4.98 Å². The maximum atomic E-state index is 12.9. The normalized spacial score (nSPS) is 15.1. The van der Waals surface area contributed by atoms with Gasteiger partial charge in [-0.1, -0.05) is 45.0 Å². The molecule has 0 unspecified atom stereocenters. The number of aromatic amines is 1. The van der Waals surface area contributed by atoms with Crippen molar-refractivity contribution < 1.29 is 14.4 Å². The summed E-state index contributed by atoms with van der Waals surface area (Å²) in [6.07, 6.45) is 6.12. The molecule has 310 valence electrons. The van der Waals surface area contributed by atoms with Gasteiger partial charge in [0.2, 0.25) is 5.91 Å². The van der Waals surface area contributed by atoms with Gasteiger partial charge in [0.25, 0.3) is 5.91 Å². The molecular formula is C46H52N10O3S. The summed E-state index contributed by atoms with van der Waals surface area (Å²) < 4.78 is 0. The van der Waals surface area contributed by atoms with Crippen molar-refractivity contribution in [1.82, 2.24) is 36.1 Å². The van der Waals surface area contributed by atoms with E-state index in [0.29, 0.717) is 30.3 Å². The highest BCUT2D eigenvalue weighted by Crippen LogP contribution is 2.32. The van der Waals surface area contributed by atoms with Gasteiger partial charge in [0.15, 0.2) is 5.65 Å². The van der Waals surface area contributed by atoms with Gasteiger partial charge in [-0.15, -0.1) is 11.3 Å². The molecule has 2 saturated heterocycles.